The number of benzene rings is 2. The fourth-order valence-corrected chi connectivity index (χ4v) is 4.84. The highest BCUT2D eigenvalue weighted by molar-refractivity contribution is 7.99. The standard InChI is InChI=1S/C21H21N3OS/c22-14-24-12-17-10-18(23-21(25)16-6-8-26-9-7-16)11-19(20(17)13-24)15-4-2-1-3-5-15/h1-5,10-11,16H,6-9,12-13H2,(H,23,25). The number of thioether (sulfide) groups is 1. The van der Waals surface area contributed by atoms with Crippen LogP contribution in [0.4, 0.5) is 5.69 Å². The molecular formula is C21H21N3OS. The minimum Gasteiger partial charge on any atom is -0.326 e. The summed E-state index contributed by atoms with van der Waals surface area (Å²) in [5, 5.41) is 12.4. The minimum atomic E-state index is 0.111. The van der Waals surface area contributed by atoms with Crippen LogP contribution in [-0.2, 0) is 17.9 Å². The van der Waals surface area contributed by atoms with Crippen molar-refractivity contribution >= 4 is 23.4 Å². The number of amides is 1. The van der Waals surface area contributed by atoms with Gasteiger partial charge in [-0.05, 0) is 58.7 Å². The van der Waals surface area contributed by atoms with Crippen molar-refractivity contribution in [3.05, 3.63) is 53.6 Å². The second-order valence-corrected chi connectivity index (χ2v) is 8.08. The summed E-state index contributed by atoms with van der Waals surface area (Å²) in [5.41, 5.74) is 5.38. The molecule has 2 aliphatic rings. The average Bonchev–Trinajstić information content (AvgIpc) is 3.12. The molecule has 2 aromatic carbocycles. The smallest absolute Gasteiger partial charge is 0.227 e. The van der Waals surface area contributed by atoms with Crippen molar-refractivity contribution in [1.29, 1.82) is 5.26 Å². The Hall–Kier alpha value is -2.45. The lowest BCUT2D eigenvalue weighted by atomic mass is 9.95. The number of fused-ring (bicyclic) bond motifs is 1. The van der Waals surface area contributed by atoms with E-state index in [1.54, 1.807) is 4.90 Å². The zero-order valence-corrected chi connectivity index (χ0v) is 15.4. The van der Waals surface area contributed by atoms with Gasteiger partial charge in [0.2, 0.25) is 5.91 Å². The molecule has 2 aliphatic heterocycles. The first-order valence-electron chi connectivity index (χ1n) is 8.99. The molecule has 1 amide bonds. The molecule has 0 bridgehead atoms. The van der Waals surface area contributed by atoms with Crippen LogP contribution in [0, 0.1) is 17.4 Å². The van der Waals surface area contributed by atoms with Gasteiger partial charge in [-0.3, -0.25) is 4.79 Å². The first-order valence-corrected chi connectivity index (χ1v) is 10.1. The fraction of sp³-hybridized carbons (Fsp3) is 0.333. The number of anilines is 1. The van der Waals surface area contributed by atoms with Gasteiger partial charge in [-0.1, -0.05) is 30.3 Å². The van der Waals surface area contributed by atoms with Gasteiger partial charge in [-0.25, -0.2) is 0 Å². The largest absolute Gasteiger partial charge is 0.326 e. The van der Waals surface area contributed by atoms with Crippen LogP contribution in [0.5, 0.6) is 0 Å². The Bertz CT molecular complexity index is 854. The third-order valence-electron chi connectivity index (χ3n) is 5.14. The summed E-state index contributed by atoms with van der Waals surface area (Å²) in [4.78, 5) is 14.4. The maximum absolute atomic E-state index is 12.7. The van der Waals surface area contributed by atoms with Crippen LogP contribution in [0.25, 0.3) is 11.1 Å². The van der Waals surface area contributed by atoms with Gasteiger partial charge in [-0.2, -0.15) is 17.0 Å². The van der Waals surface area contributed by atoms with Gasteiger partial charge < -0.3 is 10.2 Å². The van der Waals surface area contributed by atoms with Gasteiger partial charge in [0.1, 0.15) is 0 Å². The Morgan fingerprint density at radius 3 is 2.65 bits per heavy atom. The van der Waals surface area contributed by atoms with E-state index in [4.69, 9.17) is 0 Å². The second-order valence-electron chi connectivity index (χ2n) is 6.86. The summed E-state index contributed by atoms with van der Waals surface area (Å²) in [7, 11) is 0. The zero-order valence-electron chi connectivity index (χ0n) is 14.6. The zero-order chi connectivity index (χ0) is 17.9. The summed E-state index contributed by atoms with van der Waals surface area (Å²) < 4.78 is 0. The molecule has 0 spiro atoms. The van der Waals surface area contributed by atoms with E-state index in [0.717, 1.165) is 46.7 Å². The topological polar surface area (TPSA) is 56.1 Å². The van der Waals surface area contributed by atoms with Crippen molar-refractivity contribution in [3.63, 3.8) is 0 Å². The van der Waals surface area contributed by atoms with Crippen molar-refractivity contribution in [2.45, 2.75) is 25.9 Å². The molecule has 0 atom stereocenters. The Kier molecular flexibility index (Phi) is 4.85. The SMILES string of the molecule is N#CN1Cc2cc(NC(=O)C3CCSCC3)cc(-c3ccccc3)c2C1. The van der Waals surface area contributed by atoms with E-state index in [2.05, 4.69) is 29.7 Å². The molecule has 0 saturated carbocycles. The second kappa shape index (κ2) is 7.43. The van der Waals surface area contributed by atoms with Gasteiger partial charge in [0.05, 0.1) is 13.1 Å². The molecule has 0 unspecified atom stereocenters. The normalized spacial score (nSPS) is 16.8. The summed E-state index contributed by atoms with van der Waals surface area (Å²) in [6, 6.07) is 14.3. The van der Waals surface area contributed by atoms with Crippen molar-refractivity contribution in [2.75, 3.05) is 16.8 Å². The van der Waals surface area contributed by atoms with Crippen LogP contribution in [-0.4, -0.2) is 22.3 Å². The van der Waals surface area contributed by atoms with Crippen LogP contribution in [0.2, 0.25) is 0 Å². The van der Waals surface area contributed by atoms with Crippen LogP contribution >= 0.6 is 11.8 Å². The molecule has 4 rings (SSSR count). The van der Waals surface area contributed by atoms with E-state index < -0.39 is 0 Å². The Balaban J connectivity index is 1.66. The summed E-state index contributed by atoms with van der Waals surface area (Å²) in [5.74, 6) is 2.36. The highest BCUT2D eigenvalue weighted by Crippen LogP contribution is 2.36. The van der Waals surface area contributed by atoms with E-state index in [-0.39, 0.29) is 11.8 Å². The van der Waals surface area contributed by atoms with Crippen molar-refractivity contribution in [1.82, 2.24) is 4.90 Å². The Morgan fingerprint density at radius 2 is 1.92 bits per heavy atom. The van der Waals surface area contributed by atoms with Crippen molar-refractivity contribution < 1.29 is 4.79 Å². The van der Waals surface area contributed by atoms with Crippen LogP contribution < -0.4 is 5.32 Å². The minimum absolute atomic E-state index is 0.111. The van der Waals surface area contributed by atoms with Crippen LogP contribution in [0.1, 0.15) is 24.0 Å². The monoisotopic (exact) mass is 363 g/mol. The molecule has 132 valence electrons. The summed E-state index contributed by atoms with van der Waals surface area (Å²) >= 11 is 1.92. The number of carbonyl (C=O) groups is 1. The number of rotatable bonds is 3. The molecule has 2 aromatic rings. The third kappa shape index (κ3) is 3.42. The highest BCUT2D eigenvalue weighted by atomic mass is 32.2. The van der Waals surface area contributed by atoms with Crippen molar-refractivity contribution in [3.8, 4) is 17.3 Å². The number of carbonyl (C=O) groups excluding carboxylic acids is 1. The van der Waals surface area contributed by atoms with E-state index in [1.807, 2.05) is 36.0 Å². The molecule has 1 saturated heterocycles. The number of nitrogens with one attached hydrogen (secondary N) is 1. The predicted octanol–water partition coefficient (Wildman–Crippen LogP) is 4.23. The fourth-order valence-electron chi connectivity index (χ4n) is 3.73. The molecule has 0 aliphatic carbocycles. The van der Waals surface area contributed by atoms with E-state index in [9.17, 15) is 10.1 Å². The number of nitrogens with zero attached hydrogens (tertiary/aromatic N) is 2. The lowest BCUT2D eigenvalue weighted by molar-refractivity contribution is -0.120. The van der Waals surface area contributed by atoms with E-state index >= 15 is 0 Å². The number of hydrogen-bond acceptors (Lipinski definition) is 4. The lowest BCUT2D eigenvalue weighted by Gasteiger charge is -2.21. The van der Waals surface area contributed by atoms with E-state index in [1.165, 1.54) is 5.56 Å². The van der Waals surface area contributed by atoms with Crippen LogP contribution in [0.3, 0.4) is 0 Å². The van der Waals surface area contributed by atoms with Gasteiger partial charge >= 0.3 is 0 Å². The lowest BCUT2D eigenvalue weighted by Crippen LogP contribution is -2.26. The summed E-state index contributed by atoms with van der Waals surface area (Å²) in [6.45, 7) is 1.24. The van der Waals surface area contributed by atoms with Gasteiger partial charge in [0.25, 0.3) is 0 Å². The molecule has 0 aromatic heterocycles. The third-order valence-corrected chi connectivity index (χ3v) is 6.19. The van der Waals surface area contributed by atoms with Crippen molar-refractivity contribution in [2.24, 2.45) is 5.92 Å². The molecule has 0 radical (unpaired) electrons. The highest BCUT2D eigenvalue weighted by Gasteiger charge is 2.25. The number of nitriles is 1. The molecule has 1 fully saturated rings. The molecule has 26 heavy (non-hydrogen) atoms. The molecular weight excluding hydrogens is 342 g/mol. The quantitative estimate of drug-likeness (QED) is 0.829. The molecule has 2 heterocycles. The number of hydrogen-bond donors (Lipinski definition) is 1. The van der Waals surface area contributed by atoms with Gasteiger partial charge in [-0.15, -0.1) is 0 Å². The maximum atomic E-state index is 12.7. The first kappa shape index (κ1) is 17.0. The summed E-state index contributed by atoms with van der Waals surface area (Å²) in [6.07, 6.45) is 4.15. The molecule has 5 heteroatoms. The predicted molar refractivity (Wildman–Crippen MR) is 105 cm³/mol. The Morgan fingerprint density at radius 1 is 1.15 bits per heavy atom. The van der Waals surface area contributed by atoms with Crippen LogP contribution in [0.15, 0.2) is 42.5 Å². The Labute approximate surface area is 158 Å². The van der Waals surface area contributed by atoms with E-state index in [0.29, 0.717) is 13.1 Å². The maximum Gasteiger partial charge on any atom is 0.227 e. The van der Waals surface area contributed by atoms with Gasteiger partial charge in [0.15, 0.2) is 6.19 Å². The first-order chi connectivity index (χ1) is 12.7. The average molecular weight is 363 g/mol. The molecule has 1 N–H and O–H groups in total. The van der Waals surface area contributed by atoms with Gasteiger partial charge in [0, 0.05) is 11.6 Å². The molecule has 4 nitrogen and oxygen atoms in total.